The molecule has 0 radical (unpaired) electrons. The molecule has 0 aliphatic carbocycles. The van der Waals surface area contributed by atoms with Crippen LogP contribution < -0.4 is 10.9 Å². The zero-order chi connectivity index (χ0) is 13.1. The van der Waals surface area contributed by atoms with Gasteiger partial charge in [-0.1, -0.05) is 0 Å². The van der Waals surface area contributed by atoms with E-state index in [-0.39, 0.29) is 12.0 Å². The van der Waals surface area contributed by atoms with Gasteiger partial charge in [0, 0.05) is 19.2 Å². The van der Waals surface area contributed by atoms with Gasteiger partial charge in [-0.3, -0.25) is 4.79 Å². The van der Waals surface area contributed by atoms with Gasteiger partial charge in [0.25, 0.3) is 5.91 Å². The molecule has 0 bridgehead atoms. The summed E-state index contributed by atoms with van der Waals surface area (Å²) in [6.07, 6.45) is 2.12. The number of carbonyl (C=O) groups excluding carboxylic acids is 1. The highest BCUT2D eigenvalue weighted by Crippen LogP contribution is 2.13. The van der Waals surface area contributed by atoms with Gasteiger partial charge in [-0.25, -0.2) is 4.79 Å². The number of hydrogen-bond donors (Lipinski definition) is 1. The maximum absolute atomic E-state index is 12.0. The Morgan fingerprint density at radius 2 is 2.28 bits per heavy atom. The highest BCUT2D eigenvalue weighted by molar-refractivity contribution is 5.96. The molecule has 5 heteroatoms. The van der Waals surface area contributed by atoms with Crippen molar-refractivity contribution in [2.24, 2.45) is 0 Å². The molecule has 0 spiro atoms. The summed E-state index contributed by atoms with van der Waals surface area (Å²) in [6, 6.07) is 1.33. The van der Waals surface area contributed by atoms with Crippen LogP contribution in [-0.2, 0) is 4.74 Å². The van der Waals surface area contributed by atoms with Crippen molar-refractivity contribution in [2.45, 2.75) is 32.8 Å². The average Bonchev–Trinajstić information content (AvgIpc) is 2.77. The van der Waals surface area contributed by atoms with Crippen LogP contribution in [0.3, 0.4) is 0 Å². The lowest BCUT2D eigenvalue weighted by atomic mass is 10.1. The Kier molecular flexibility index (Phi) is 3.81. The molecular formula is C13H17NO4. The van der Waals surface area contributed by atoms with Crippen molar-refractivity contribution in [2.75, 3.05) is 13.2 Å². The predicted octanol–water partition coefficient (Wildman–Crippen LogP) is 1.17. The minimum absolute atomic E-state index is 0.102. The molecule has 1 fully saturated rings. The summed E-state index contributed by atoms with van der Waals surface area (Å²) in [7, 11) is 0. The van der Waals surface area contributed by atoms with Gasteiger partial charge in [0.2, 0.25) is 0 Å². The van der Waals surface area contributed by atoms with Crippen LogP contribution in [0.25, 0.3) is 0 Å². The summed E-state index contributed by atoms with van der Waals surface area (Å²) >= 11 is 0. The number of amides is 1. The van der Waals surface area contributed by atoms with E-state index in [4.69, 9.17) is 9.15 Å². The first-order valence-corrected chi connectivity index (χ1v) is 6.09. The van der Waals surface area contributed by atoms with Crippen LogP contribution in [0.1, 0.15) is 34.5 Å². The summed E-state index contributed by atoms with van der Waals surface area (Å²) in [5.41, 5.74) is 0.641. The quantitative estimate of drug-likeness (QED) is 0.875. The van der Waals surface area contributed by atoms with Gasteiger partial charge in [0.15, 0.2) is 0 Å². The molecule has 2 rings (SSSR count). The highest BCUT2D eigenvalue weighted by atomic mass is 16.5. The molecule has 0 saturated carbocycles. The van der Waals surface area contributed by atoms with E-state index in [0.29, 0.717) is 23.4 Å². The topological polar surface area (TPSA) is 68.5 Å². The molecule has 1 unspecified atom stereocenters. The average molecular weight is 251 g/mol. The maximum Gasteiger partial charge on any atom is 0.336 e. The summed E-state index contributed by atoms with van der Waals surface area (Å²) in [5, 5.41) is 2.82. The van der Waals surface area contributed by atoms with Crippen molar-refractivity contribution < 1.29 is 13.9 Å². The number of ether oxygens (including phenoxy) is 1. The SMILES string of the molecule is Cc1cc(=O)oc(C)c1C(=O)NCC1CCCO1. The Labute approximate surface area is 105 Å². The number of carbonyl (C=O) groups is 1. The van der Waals surface area contributed by atoms with Gasteiger partial charge < -0.3 is 14.5 Å². The summed E-state index contributed by atoms with van der Waals surface area (Å²) < 4.78 is 10.4. The second-order valence-electron chi connectivity index (χ2n) is 4.52. The van der Waals surface area contributed by atoms with Crippen molar-refractivity contribution in [3.05, 3.63) is 33.4 Å². The molecule has 98 valence electrons. The lowest BCUT2D eigenvalue weighted by molar-refractivity contribution is 0.0854. The largest absolute Gasteiger partial charge is 0.427 e. The molecule has 1 aromatic rings. The van der Waals surface area contributed by atoms with Gasteiger partial charge in [0.05, 0.1) is 11.7 Å². The first-order chi connectivity index (χ1) is 8.58. The summed E-state index contributed by atoms with van der Waals surface area (Å²) in [6.45, 7) is 4.61. The van der Waals surface area contributed by atoms with Crippen molar-refractivity contribution in [3.63, 3.8) is 0 Å². The van der Waals surface area contributed by atoms with E-state index in [1.165, 1.54) is 6.07 Å². The van der Waals surface area contributed by atoms with Crippen LogP contribution in [0, 0.1) is 13.8 Å². The van der Waals surface area contributed by atoms with Gasteiger partial charge in [-0.15, -0.1) is 0 Å². The van der Waals surface area contributed by atoms with Gasteiger partial charge in [-0.2, -0.15) is 0 Å². The van der Waals surface area contributed by atoms with E-state index < -0.39 is 5.63 Å². The van der Waals surface area contributed by atoms with Gasteiger partial charge >= 0.3 is 5.63 Å². The number of hydrogen-bond acceptors (Lipinski definition) is 4. The molecule has 2 heterocycles. The molecule has 1 amide bonds. The second-order valence-corrected chi connectivity index (χ2v) is 4.52. The van der Waals surface area contributed by atoms with Gasteiger partial charge in [0.1, 0.15) is 5.76 Å². The molecule has 1 aromatic heterocycles. The lowest BCUT2D eigenvalue weighted by Crippen LogP contribution is -2.32. The number of rotatable bonds is 3. The lowest BCUT2D eigenvalue weighted by Gasteiger charge is -2.12. The van der Waals surface area contributed by atoms with Crippen LogP contribution in [0.4, 0.5) is 0 Å². The molecule has 1 aliphatic heterocycles. The third-order valence-corrected chi connectivity index (χ3v) is 3.08. The zero-order valence-corrected chi connectivity index (χ0v) is 10.6. The van der Waals surface area contributed by atoms with E-state index >= 15 is 0 Å². The standard InChI is InChI=1S/C13H17NO4/c1-8-6-11(15)18-9(2)12(8)13(16)14-7-10-4-3-5-17-10/h6,10H,3-5,7H2,1-2H3,(H,14,16). The molecule has 0 aromatic carbocycles. The molecule has 18 heavy (non-hydrogen) atoms. The molecule has 1 N–H and O–H groups in total. The smallest absolute Gasteiger partial charge is 0.336 e. The minimum atomic E-state index is -0.430. The number of aryl methyl sites for hydroxylation is 2. The maximum atomic E-state index is 12.0. The van der Waals surface area contributed by atoms with Crippen LogP contribution >= 0.6 is 0 Å². The second kappa shape index (κ2) is 5.35. The van der Waals surface area contributed by atoms with Crippen molar-refractivity contribution in [1.29, 1.82) is 0 Å². The molecule has 1 aliphatic rings. The van der Waals surface area contributed by atoms with Crippen LogP contribution in [0.5, 0.6) is 0 Å². The molecule has 1 atom stereocenters. The molecule has 1 saturated heterocycles. The summed E-state index contributed by atoms with van der Waals surface area (Å²) in [5.74, 6) is 0.133. The van der Waals surface area contributed by atoms with Crippen LogP contribution in [-0.4, -0.2) is 25.2 Å². The van der Waals surface area contributed by atoms with Crippen molar-refractivity contribution >= 4 is 5.91 Å². The predicted molar refractivity (Wildman–Crippen MR) is 65.8 cm³/mol. The van der Waals surface area contributed by atoms with Crippen LogP contribution in [0.2, 0.25) is 0 Å². The Balaban J connectivity index is 2.06. The van der Waals surface area contributed by atoms with Crippen molar-refractivity contribution in [3.8, 4) is 0 Å². The van der Waals surface area contributed by atoms with E-state index in [1.54, 1.807) is 13.8 Å². The fourth-order valence-electron chi connectivity index (χ4n) is 2.20. The van der Waals surface area contributed by atoms with E-state index in [1.807, 2.05) is 0 Å². The third-order valence-electron chi connectivity index (χ3n) is 3.08. The fraction of sp³-hybridized carbons (Fsp3) is 0.538. The normalized spacial score (nSPS) is 18.9. The third kappa shape index (κ3) is 2.79. The first-order valence-electron chi connectivity index (χ1n) is 6.09. The van der Waals surface area contributed by atoms with E-state index in [9.17, 15) is 9.59 Å². The highest BCUT2D eigenvalue weighted by Gasteiger charge is 2.19. The Morgan fingerprint density at radius 3 is 2.89 bits per heavy atom. The minimum Gasteiger partial charge on any atom is -0.427 e. The summed E-state index contributed by atoms with van der Waals surface area (Å²) in [4.78, 5) is 23.2. The van der Waals surface area contributed by atoms with Crippen molar-refractivity contribution in [1.82, 2.24) is 5.32 Å². The Morgan fingerprint density at radius 1 is 1.50 bits per heavy atom. The monoisotopic (exact) mass is 251 g/mol. The Bertz CT molecular complexity index is 474. The van der Waals surface area contributed by atoms with E-state index in [2.05, 4.69) is 5.32 Å². The molecular weight excluding hydrogens is 234 g/mol. The van der Waals surface area contributed by atoms with E-state index in [0.717, 1.165) is 19.4 Å². The first kappa shape index (κ1) is 12.8. The van der Waals surface area contributed by atoms with Crippen LogP contribution in [0.15, 0.2) is 15.3 Å². The molecule has 5 nitrogen and oxygen atoms in total. The zero-order valence-electron chi connectivity index (χ0n) is 10.6. The number of nitrogens with one attached hydrogen (secondary N) is 1. The Hall–Kier alpha value is -1.62. The van der Waals surface area contributed by atoms with Gasteiger partial charge in [-0.05, 0) is 32.3 Å². The fourth-order valence-corrected chi connectivity index (χ4v) is 2.20.